The molecule has 34 heavy (non-hydrogen) atoms. The molecule has 0 atom stereocenters. The average molecular weight is 460 g/mol. The van der Waals surface area contributed by atoms with Crippen molar-refractivity contribution >= 4 is 16.9 Å². The van der Waals surface area contributed by atoms with Crippen LogP contribution in [0.25, 0.3) is 33.7 Å². The van der Waals surface area contributed by atoms with E-state index in [4.69, 9.17) is 9.26 Å². The van der Waals surface area contributed by atoms with Crippen LogP contribution in [0.5, 0.6) is 5.75 Å². The number of benzene rings is 2. The first kappa shape index (κ1) is 23.0. The number of aliphatic carboxylic acids is 1. The Morgan fingerprint density at radius 3 is 2.79 bits per heavy atom. The van der Waals surface area contributed by atoms with Crippen LogP contribution in [0.1, 0.15) is 39.7 Å². The van der Waals surface area contributed by atoms with E-state index in [2.05, 4.69) is 21.3 Å². The SMILES string of the molecule is CC(C)Oc1ccc(-c2nc(-c3cccc4c3cnn4CCC(C)(C)C(=O)O)no2)cc1C#N. The summed E-state index contributed by atoms with van der Waals surface area (Å²) in [6.07, 6.45) is 2.11. The van der Waals surface area contributed by atoms with Crippen LogP contribution in [0.15, 0.2) is 47.1 Å². The molecule has 0 aliphatic heterocycles. The molecule has 0 aliphatic rings. The second-order valence-electron chi connectivity index (χ2n) is 8.96. The highest BCUT2D eigenvalue weighted by molar-refractivity contribution is 5.93. The van der Waals surface area contributed by atoms with Crippen molar-refractivity contribution in [3.05, 3.63) is 48.2 Å². The van der Waals surface area contributed by atoms with Crippen molar-refractivity contribution in [2.75, 3.05) is 0 Å². The van der Waals surface area contributed by atoms with Crippen LogP contribution >= 0.6 is 0 Å². The molecule has 0 saturated carbocycles. The number of hydrogen-bond donors (Lipinski definition) is 1. The molecule has 9 nitrogen and oxygen atoms in total. The van der Waals surface area contributed by atoms with Crippen molar-refractivity contribution in [2.45, 2.75) is 46.8 Å². The lowest BCUT2D eigenvalue weighted by atomic mass is 9.90. The van der Waals surface area contributed by atoms with Gasteiger partial charge in [-0.25, -0.2) is 0 Å². The minimum absolute atomic E-state index is 0.0513. The van der Waals surface area contributed by atoms with Gasteiger partial charge in [0.25, 0.3) is 5.89 Å². The summed E-state index contributed by atoms with van der Waals surface area (Å²) in [4.78, 5) is 16.0. The molecule has 0 radical (unpaired) electrons. The monoisotopic (exact) mass is 459 g/mol. The highest BCUT2D eigenvalue weighted by Crippen LogP contribution is 2.31. The van der Waals surface area contributed by atoms with Gasteiger partial charge in [0, 0.05) is 23.1 Å². The number of nitriles is 1. The second kappa shape index (κ2) is 8.98. The van der Waals surface area contributed by atoms with Gasteiger partial charge in [-0.2, -0.15) is 15.3 Å². The van der Waals surface area contributed by atoms with Gasteiger partial charge in [0.2, 0.25) is 5.82 Å². The highest BCUT2D eigenvalue weighted by Gasteiger charge is 2.27. The van der Waals surface area contributed by atoms with Crippen LogP contribution in [0.4, 0.5) is 0 Å². The molecule has 4 aromatic rings. The Balaban J connectivity index is 1.64. The normalized spacial score (nSPS) is 11.6. The first-order valence-electron chi connectivity index (χ1n) is 10.9. The van der Waals surface area contributed by atoms with Crippen molar-refractivity contribution in [3.63, 3.8) is 0 Å². The topological polar surface area (TPSA) is 127 Å². The van der Waals surface area contributed by atoms with Crippen molar-refractivity contribution < 1.29 is 19.2 Å². The first-order valence-corrected chi connectivity index (χ1v) is 10.9. The van der Waals surface area contributed by atoms with Crippen LogP contribution < -0.4 is 4.74 Å². The van der Waals surface area contributed by atoms with Crippen molar-refractivity contribution in [1.29, 1.82) is 5.26 Å². The molecule has 0 spiro atoms. The average Bonchev–Trinajstić information content (AvgIpc) is 3.45. The Labute approximate surface area is 196 Å². The summed E-state index contributed by atoms with van der Waals surface area (Å²) in [6, 6.07) is 13.0. The molecule has 0 amide bonds. The standard InChI is InChI=1S/C25H25N5O4/c1-15(2)33-21-9-8-16(12-17(21)13-26)23-28-22(29-34-23)18-6-5-7-20-19(18)14-27-30(20)11-10-25(3,4)24(31)32/h5-9,12,14-15H,10-11H2,1-4H3,(H,31,32). The molecule has 9 heteroatoms. The highest BCUT2D eigenvalue weighted by atomic mass is 16.5. The third kappa shape index (κ3) is 4.48. The molecule has 1 N–H and O–H groups in total. The van der Waals surface area contributed by atoms with E-state index in [-0.39, 0.29) is 12.0 Å². The molecule has 0 fully saturated rings. The summed E-state index contributed by atoms with van der Waals surface area (Å²) in [7, 11) is 0. The predicted octanol–water partition coefficient (Wildman–Crippen LogP) is 4.91. The minimum atomic E-state index is -0.851. The molecule has 0 unspecified atom stereocenters. The Bertz CT molecular complexity index is 1390. The van der Waals surface area contributed by atoms with Gasteiger partial charge in [-0.05, 0) is 58.4 Å². The molecule has 4 rings (SSSR count). The van der Waals surface area contributed by atoms with E-state index in [0.717, 1.165) is 16.5 Å². The molecular formula is C25H25N5O4. The summed E-state index contributed by atoms with van der Waals surface area (Å²) >= 11 is 0. The Morgan fingerprint density at radius 1 is 1.29 bits per heavy atom. The zero-order valence-electron chi connectivity index (χ0n) is 19.4. The van der Waals surface area contributed by atoms with E-state index in [1.807, 2.05) is 32.0 Å². The number of nitrogens with zero attached hydrogens (tertiary/aromatic N) is 5. The number of hydrogen-bond acceptors (Lipinski definition) is 7. The van der Waals surface area contributed by atoms with E-state index in [0.29, 0.717) is 35.7 Å². The number of rotatable bonds is 8. The number of fused-ring (bicyclic) bond motifs is 1. The fourth-order valence-corrected chi connectivity index (χ4v) is 3.53. The lowest BCUT2D eigenvalue weighted by molar-refractivity contribution is -0.147. The maximum atomic E-state index is 11.4. The number of ether oxygens (including phenoxy) is 1. The van der Waals surface area contributed by atoms with Gasteiger partial charge >= 0.3 is 5.97 Å². The van der Waals surface area contributed by atoms with Gasteiger partial charge < -0.3 is 14.4 Å². The first-order chi connectivity index (χ1) is 16.2. The summed E-state index contributed by atoms with van der Waals surface area (Å²) < 4.78 is 13.0. The van der Waals surface area contributed by atoms with Crippen LogP contribution in [-0.4, -0.2) is 37.1 Å². The van der Waals surface area contributed by atoms with Crippen LogP contribution in [0, 0.1) is 16.7 Å². The largest absolute Gasteiger partial charge is 0.490 e. The van der Waals surface area contributed by atoms with E-state index >= 15 is 0 Å². The van der Waals surface area contributed by atoms with Crippen LogP contribution in [-0.2, 0) is 11.3 Å². The van der Waals surface area contributed by atoms with Gasteiger partial charge in [-0.3, -0.25) is 9.48 Å². The molecule has 0 saturated heterocycles. The Morgan fingerprint density at radius 2 is 2.09 bits per heavy atom. The van der Waals surface area contributed by atoms with Crippen molar-refractivity contribution in [2.24, 2.45) is 5.41 Å². The van der Waals surface area contributed by atoms with Gasteiger partial charge in [0.05, 0.1) is 28.8 Å². The number of carboxylic acid groups (broad SMARTS) is 1. The molecule has 2 aromatic heterocycles. The van der Waals surface area contributed by atoms with Gasteiger partial charge in [-0.1, -0.05) is 17.3 Å². The minimum Gasteiger partial charge on any atom is -0.490 e. The van der Waals surface area contributed by atoms with E-state index in [1.54, 1.807) is 42.9 Å². The van der Waals surface area contributed by atoms with Crippen molar-refractivity contribution in [3.8, 4) is 34.7 Å². The van der Waals surface area contributed by atoms with Crippen LogP contribution in [0.3, 0.4) is 0 Å². The molecule has 0 aliphatic carbocycles. The van der Waals surface area contributed by atoms with E-state index in [1.165, 1.54) is 0 Å². The van der Waals surface area contributed by atoms with Gasteiger partial charge in [0.1, 0.15) is 11.8 Å². The lowest BCUT2D eigenvalue weighted by Crippen LogP contribution is -2.25. The van der Waals surface area contributed by atoms with Gasteiger partial charge in [0.15, 0.2) is 0 Å². The summed E-state index contributed by atoms with van der Waals surface area (Å²) in [5, 5.41) is 28.3. The summed E-state index contributed by atoms with van der Waals surface area (Å²) in [5.74, 6) is 0.346. The fraction of sp³-hybridized carbons (Fsp3) is 0.320. The van der Waals surface area contributed by atoms with E-state index in [9.17, 15) is 15.2 Å². The number of carbonyl (C=O) groups is 1. The van der Waals surface area contributed by atoms with Gasteiger partial charge in [-0.15, -0.1) is 0 Å². The maximum absolute atomic E-state index is 11.4. The third-order valence-electron chi connectivity index (χ3n) is 5.59. The Kier molecular flexibility index (Phi) is 6.07. The predicted molar refractivity (Wildman–Crippen MR) is 125 cm³/mol. The Hall–Kier alpha value is -4.19. The molecule has 0 bridgehead atoms. The zero-order chi connectivity index (χ0) is 24.5. The zero-order valence-corrected chi connectivity index (χ0v) is 19.4. The summed E-state index contributed by atoms with van der Waals surface area (Å²) in [6.45, 7) is 7.66. The quantitative estimate of drug-likeness (QED) is 0.394. The molecule has 2 heterocycles. The second-order valence-corrected chi connectivity index (χ2v) is 8.96. The van der Waals surface area contributed by atoms with E-state index < -0.39 is 11.4 Å². The number of aryl methyl sites for hydroxylation is 1. The van der Waals surface area contributed by atoms with Crippen LogP contribution in [0.2, 0.25) is 0 Å². The van der Waals surface area contributed by atoms with Crippen molar-refractivity contribution in [1.82, 2.24) is 19.9 Å². The smallest absolute Gasteiger partial charge is 0.309 e. The summed E-state index contributed by atoms with van der Waals surface area (Å²) in [5.41, 5.74) is 1.75. The fourth-order valence-electron chi connectivity index (χ4n) is 3.53. The molecule has 174 valence electrons. The number of aromatic nitrogens is 4. The molecule has 2 aromatic carbocycles. The third-order valence-corrected chi connectivity index (χ3v) is 5.59. The molecular weight excluding hydrogens is 434 g/mol. The number of carboxylic acids is 1. The maximum Gasteiger partial charge on any atom is 0.309 e. The lowest BCUT2D eigenvalue weighted by Gasteiger charge is -2.18.